The number of hydrogen-bond acceptors (Lipinski definition) is 5. The van der Waals surface area contributed by atoms with Crippen molar-refractivity contribution >= 4 is 29.1 Å². The molecule has 1 atom stereocenters. The van der Waals surface area contributed by atoms with Gasteiger partial charge in [-0.25, -0.2) is 18.6 Å². The molecular weight excluding hydrogens is 536 g/mol. The second-order valence-electron chi connectivity index (χ2n) is 10.5. The van der Waals surface area contributed by atoms with Gasteiger partial charge in [-0.2, -0.15) is 0 Å². The van der Waals surface area contributed by atoms with Crippen molar-refractivity contribution in [2.75, 3.05) is 19.6 Å². The molecule has 10 heteroatoms. The molecule has 0 saturated carbocycles. The lowest BCUT2D eigenvalue weighted by Crippen LogP contribution is -2.48. The van der Waals surface area contributed by atoms with Crippen LogP contribution in [0, 0.1) is 0 Å². The van der Waals surface area contributed by atoms with Crippen LogP contribution in [-0.4, -0.2) is 63.4 Å². The van der Waals surface area contributed by atoms with Gasteiger partial charge in [0, 0.05) is 49.0 Å². The molecule has 7 nitrogen and oxygen atoms in total. The number of hydrogen-bond donors (Lipinski definition) is 1. The van der Waals surface area contributed by atoms with Gasteiger partial charge < -0.3 is 14.9 Å². The van der Waals surface area contributed by atoms with Gasteiger partial charge in [-0.15, -0.1) is 11.3 Å². The van der Waals surface area contributed by atoms with E-state index in [9.17, 15) is 28.3 Å². The second-order valence-corrected chi connectivity index (χ2v) is 11.4. The van der Waals surface area contributed by atoms with E-state index >= 15 is 0 Å². The number of aromatic nitrogens is 1. The lowest BCUT2D eigenvalue weighted by atomic mass is 9.94. The molecule has 2 saturated heterocycles. The van der Waals surface area contributed by atoms with E-state index in [-0.39, 0.29) is 29.0 Å². The van der Waals surface area contributed by atoms with Crippen LogP contribution in [0.1, 0.15) is 76.4 Å². The zero-order valence-corrected chi connectivity index (χ0v) is 23.0. The summed E-state index contributed by atoms with van der Waals surface area (Å²) in [5, 5.41) is 12.0. The molecule has 3 aromatic rings. The van der Waals surface area contributed by atoms with Gasteiger partial charge in [-0.05, 0) is 49.3 Å². The van der Waals surface area contributed by atoms with Gasteiger partial charge in [0.05, 0.1) is 5.01 Å². The van der Waals surface area contributed by atoms with Crippen molar-refractivity contribution in [2.45, 2.75) is 56.9 Å². The molecule has 0 bridgehead atoms. The standard InChI is InChI=1S/C30H31F2N3O4S/c1-30(31,32)21-11-9-19(10-12-21)22-6-2-3-7-23(22)27(36)34-16-13-20(14-17-34)26-33-24(18-40-26)28(37)35-15-5-4-8-25(35)29(38)39/h2-3,6-7,9-12,18,20,25H,4-5,8,13-17H2,1H3,(H,38,39). The molecule has 2 aromatic carbocycles. The monoisotopic (exact) mass is 567 g/mol. The van der Waals surface area contributed by atoms with Crippen molar-refractivity contribution in [3.63, 3.8) is 0 Å². The minimum absolute atomic E-state index is 0.0770. The molecule has 210 valence electrons. The summed E-state index contributed by atoms with van der Waals surface area (Å²) in [5.74, 6) is -4.27. The van der Waals surface area contributed by atoms with Crippen LogP contribution in [-0.2, 0) is 10.7 Å². The molecule has 40 heavy (non-hydrogen) atoms. The average molecular weight is 568 g/mol. The zero-order valence-electron chi connectivity index (χ0n) is 22.2. The maximum absolute atomic E-state index is 13.7. The van der Waals surface area contributed by atoms with Gasteiger partial charge >= 0.3 is 5.97 Å². The second kappa shape index (κ2) is 11.4. The number of carboxylic acids is 1. The number of likely N-dealkylation sites (tertiary alicyclic amines) is 2. The fraction of sp³-hybridized carbons (Fsp3) is 0.400. The summed E-state index contributed by atoms with van der Waals surface area (Å²) in [4.78, 5) is 46.0. The van der Waals surface area contributed by atoms with Crippen molar-refractivity contribution in [1.82, 2.24) is 14.8 Å². The Labute approximate surface area is 235 Å². The quantitative estimate of drug-likeness (QED) is 0.393. The summed E-state index contributed by atoms with van der Waals surface area (Å²) >= 11 is 1.40. The summed E-state index contributed by atoms with van der Waals surface area (Å²) in [6.45, 7) is 2.32. The van der Waals surface area contributed by atoms with Crippen molar-refractivity contribution in [2.24, 2.45) is 0 Å². The Morgan fingerprint density at radius 1 is 0.950 bits per heavy atom. The van der Waals surface area contributed by atoms with Gasteiger partial charge in [0.25, 0.3) is 17.7 Å². The maximum Gasteiger partial charge on any atom is 0.326 e. The number of alkyl halides is 2. The van der Waals surface area contributed by atoms with Crippen LogP contribution in [0.2, 0.25) is 0 Å². The molecule has 2 amide bonds. The molecule has 2 fully saturated rings. The van der Waals surface area contributed by atoms with Crippen molar-refractivity contribution < 1.29 is 28.3 Å². The number of carboxylic acid groups (broad SMARTS) is 1. The maximum atomic E-state index is 13.7. The van der Waals surface area contributed by atoms with Crippen LogP contribution in [0.4, 0.5) is 8.78 Å². The minimum Gasteiger partial charge on any atom is -0.480 e. The van der Waals surface area contributed by atoms with Crippen molar-refractivity contribution in [3.8, 4) is 11.1 Å². The van der Waals surface area contributed by atoms with E-state index in [0.29, 0.717) is 55.6 Å². The molecule has 1 aromatic heterocycles. The summed E-state index contributed by atoms with van der Waals surface area (Å²) in [6, 6.07) is 12.4. The lowest BCUT2D eigenvalue weighted by molar-refractivity contribution is -0.143. The number of benzene rings is 2. The van der Waals surface area contributed by atoms with Crippen LogP contribution in [0.25, 0.3) is 11.1 Å². The minimum atomic E-state index is -2.93. The fourth-order valence-electron chi connectivity index (χ4n) is 5.52. The fourth-order valence-corrected chi connectivity index (χ4v) is 6.48. The smallest absolute Gasteiger partial charge is 0.326 e. The Hall–Kier alpha value is -3.66. The van der Waals surface area contributed by atoms with E-state index in [2.05, 4.69) is 4.98 Å². The first-order valence-corrected chi connectivity index (χ1v) is 14.4. The Morgan fingerprint density at radius 3 is 2.33 bits per heavy atom. The first-order valence-electron chi connectivity index (χ1n) is 13.5. The summed E-state index contributed by atoms with van der Waals surface area (Å²) in [7, 11) is 0. The summed E-state index contributed by atoms with van der Waals surface area (Å²) in [6.07, 6.45) is 3.40. The normalized spacial score (nSPS) is 18.5. The molecule has 2 aliphatic heterocycles. The molecule has 0 radical (unpaired) electrons. The Bertz CT molecular complexity index is 1390. The van der Waals surface area contributed by atoms with Crippen LogP contribution in [0.15, 0.2) is 53.9 Å². The predicted molar refractivity (Wildman–Crippen MR) is 148 cm³/mol. The van der Waals surface area contributed by atoms with E-state index in [1.807, 2.05) is 12.1 Å². The molecule has 0 aliphatic carbocycles. The van der Waals surface area contributed by atoms with Crippen LogP contribution in [0.3, 0.4) is 0 Å². The third kappa shape index (κ3) is 5.77. The van der Waals surface area contributed by atoms with E-state index in [0.717, 1.165) is 24.8 Å². The Kier molecular flexibility index (Phi) is 7.98. The highest BCUT2D eigenvalue weighted by molar-refractivity contribution is 7.09. The van der Waals surface area contributed by atoms with E-state index in [1.165, 1.54) is 28.4 Å². The van der Waals surface area contributed by atoms with Crippen LogP contribution < -0.4 is 0 Å². The van der Waals surface area contributed by atoms with Gasteiger partial charge in [0.15, 0.2) is 0 Å². The van der Waals surface area contributed by atoms with Crippen LogP contribution in [0.5, 0.6) is 0 Å². The largest absolute Gasteiger partial charge is 0.480 e. The first kappa shape index (κ1) is 27.9. The van der Waals surface area contributed by atoms with Crippen molar-refractivity contribution in [3.05, 3.63) is 75.7 Å². The predicted octanol–water partition coefficient (Wildman–Crippen LogP) is 6.02. The number of aliphatic carboxylic acids is 1. The molecule has 2 aliphatic rings. The van der Waals surface area contributed by atoms with Crippen LogP contribution >= 0.6 is 11.3 Å². The highest BCUT2D eigenvalue weighted by Gasteiger charge is 2.34. The lowest BCUT2D eigenvalue weighted by Gasteiger charge is -2.32. The number of thiazole rings is 1. The summed E-state index contributed by atoms with van der Waals surface area (Å²) < 4.78 is 27.3. The van der Waals surface area contributed by atoms with Gasteiger partial charge in [-0.1, -0.05) is 42.5 Å². The highest BCUT2D eigenvalue weighted by atomic mass is 32.1. The molecule has 3 heterocycles. The van der Waals surface area contributed by atoms with E-state index < -0.39 is 17.9 Å². The third-order valence-corrected chi connectivity index (χ3v) is 8.79. The Balaban J connectivity index is 1.25. The van der Waals surface area contributed by atoms with E-state index in [1.54, 1.807) is 34.5 Å². The molecule has 0 spiro atoms. The molecule has 5 rings (SSSR count). The van der Waals surface area contributed by atoms with Gasteiger partial charge in [-0.3, -0.25) is 9.59 Å². The number of rotatable bonds is 6. The van der Waals surface area contributed by atoms with E-state index in [4.69, 9.17) is 0 Å². The number of piperidine rings is 2. The summed E-state index contributed by atoms with van der Waals surface area (Å²) in [5.41, 5.74) is 2.12. The van der Waals surface area contributed by atoms with Gasteiger partial charge in [0.1, 0.15) is 11.7 Å². The molecule has 1 N–H and O–H groups in total. The number of halogens is 2. The number of nitrogens with zero attached hydrogens (tertiary/aromatic N) is 3. The number of carbonyl (C=O) groups excluding carboxylic acids is 2. The number of amides is 2. The Morgan fingerprint density at radius 2 is 1.65 bits per heavy atom. The highest BCUT2D eigenvalue weighted by Crippen LogP contribution is 2.34. The third-order valence-electron chi connectivity index (χ3n) is 7.78. The number of carbonyl (C=O) groups is 3. The SMILES string of the molecule is CC(F)(F)c1ccc(-c2ccccc2C(=O)N2CCC(c3nc(C(=O)N4CCCCC4C(=O)O)cs3)CC2)cc1. The molecular formula is C30H31F2N3O4S. The average Bonchev–Trinajstić information content (AvgIpc) is 3.46. The zero-order chi connectivity index (χ0) is 28.4. The van der Waals surface area contributed by atoms with Crippen molar-refractivity contribution in [1.29, 1.82) is 0 Å². The van der Waals surface area contributed by atoms with Gasteiger partial charge in [0.2, 0.25) is 0 Å². The first-order chi connectivity index (χ1) is 19.1. The topological polar surface area (TPSA) is 90.8 Å². The molecule has 1 unspecified atom stereocenters.